The van der Waals surface area contributed by atoms with Crippen molar-refractivity contribution in [3.63, 3.8) is 0 Å². The zero-order valence-electron chi connectivity index (χ0n) is 11.7. The molecule has 96 valence electrons. The molecule has 1 aromatic carbocycles. The second-order valence-electron chi connectivity index (χ2n) is 5.48. The van der Waals surface area contributed by atoms with Crippen molar-refractivity contribution in [2.75, 3.05) is 7.05 Å². The van der Waals surface area contributed by atoms with Crippen LogP contribution in [0.1, 0.15) is 51.6 Å². The van der Waals surface area contributed by atoms with E-state index in [1.165, 1.54) is 24.8 Å². The van der Waals surface area contributed by atoms with Gasteiger partial charge in [0.05, 0.1) is 0 Å². The van der Waals surface area contributed by atoms with Crippen LogP contribution in [0.2, 0.25) is 0 Å². The molecule has 2 atom stereocenters. The lowest BCUT2D eigenvalue weighted by Gasteiger charge is -2.24. The van der Waals surface area contributed by atoms with Crippen LogP contribution >= 0.6 is 0 Å². The molecule has 1 nitrogen and oxygen atoms in total. The lowest BCUT2D eigenvalue weighted by atomic mass is 9.89. The van der Waals surface area contributed by atoms with Gasteiger partial charge >= 0.3 is 0 Å². The lowest BCUT2D eigenvalue weighted by Crippen LogP contribution is -2.23. The van der Waals surface area contributed by atoms with E-state index in [9.17, 15) is 0 Å². The van der Waals surface area contributed by atoms with Crippen molar-refractivity contribution in [1.82, 2.24) is 5.32 Å². The van der Waals surface area contributed by atoms with Crippen LogP contribution in [0.3, 0.4) is 0 Å². The molecule has 0 bridgehead atoms. The summed E-state index contributed by atoms with van der Waals surface area (Å²) in [6.07, 6.45) is 3.98. The van der Waals surface area contributed by atoms with Gasteiger partial charge in [-0.15, -0.1) is 0 Å². The number of nitrogens with one attached hydrogen (secondary N) is 1. The Morgan fingerprint density at radius 3 is 2.18 bits per heavy atom. The molecule has 0 amide bonds. The van der Waals surface area contributed by atoms with E-state index >= 15 is 0 Å². The normalized spacial score (nSPS) is 14.9. The van der Waals surface area contributed by atoms with Crippen molar-refractivity contribution < 1.29 is 0 Å². The Kier molecular flexibility index (Phi) is 6.28. The van der Waals surface area contributed by atoms with Gasteiger partial charge in [-0.1, -0.05) is 63.9 Å². The third-order valence-corrected chi connectivity index (χ3v) is 3.48. The standard InChI is InChI=1S/C16H27N/c1-13(2)9-8-10-14(3)16(17-4)15-11-6-5-7-12-15/h5-7,11-14,16-17H,8-10H2,1-4H3. The largest absolute Gasteiger partial charge is 0.313 e. The van der Waals surface area contributed by atoms with Crippen LogP contribution in [-0.2, 0) is 0 Å². The van der Waals surface area contributed by atoms with Crippen LogP contribution < -0.4 is 5.32 Å². The van der Waals surface area contributed by atoms with Crippen molar-refractivity contribution in [3.05, 3.63) is 35.9 Å². The maximum Gasteiger partial charge on any atom is 0.0343 e. The summed E-state index contributed by atoms with van der Waals surface area (Å²) in [5.41, 5.74) is 1.41. The molecule has 17 heavy (non-hydrogen) atoms. The maximum atomic E-state index is 3.46. The molecule has 0 spiro atoms. The zero-order valence-corrected chi connectivity index (χ0v) is 11.7. The van der Waals surface area contributed by atoms with E-state index in [2.05, 4.69) is 63.5 Å². The maximum absolute atomic E-state index is 3.46. The molecule has 0 aromatic heterocycles. The summed E-state index contributed by atoms with van der Waals surface area (Å²) >= 11 is 0. The van der Waals surface area contributed by atoms with Crippen molar-refractivity contribution in [1.29, 1.82) is 0 Å². The molecule has 0 aliphatic rings. The van der Waals surface area contributed by atoms with Gasteiger partial charge in [0.2, 0.25) is 0 Å². The Hall–Kier alpha value is -0.820. The first kappa shape index (κ1) is 14.2. The second-order valence-corrected chi connectivity index (χ2v) is 5.48. The molecule has 0 fully saturated rings. The summed E-state index contributed by atoms with van der Waals surface area (Å²) in [5.74, 6) is 1.52. The van der Waals surface area contributed by atoms with Gasteiger partial charge in [0.1, 0.15) is 0 Å². The molecule has 0 heterocycles. The fraction of sp³-hybridized carbons (Fsp3) is 0.625. The molecular weight excluding hydrogens is 206 g/mol. The molecule has 0 aliphatic heterocycles. The summed E-state index contributed by atoms with van der Waals surface area (Å²) < 4.78 is 0. The first-order valence-corrected chi connectivity index (χ1v) is 6.87. The smallest absolute Gasteiger partial charge is 0.0343 e. The highest BCUT2D eigenvalue weighted by Crippen LogP contribution is 2.26. The van der Waals surface area contributed by atoms with Gasteiger partial charge in [-0.05, 0) is 30.9 Å². The zero-order chi connectivity index (χ0) is 12.7. The number of rotatable bonds is 7. The van der Waals surface area contributed by atoms with Crippen molar-refractivity contribution in [2.45, 2.75) is 46.1 Å². The Bertz CT molecular complexity index is 292. The SMILES string of the molecule is CNC(c1ccccc1)C(C)CCCC(C)C. The van der Waals surface area contributed by atoms with Crippen LogP contribution in [-0.4, -0.2) is 7.05 Å². The molecule has 1 heteroatoms. The predicted molar refractivity (Wildman–Crippen MR) is 76.1 cm³/mol. The minimum absolute atomic E-state index is 0.489. The summed E-state index contributed by atoms with van der Waals surface area (Å²) in [4.78, 5) is 0. The highest BCUT2D eigenvalue weighted by atomic mass is 14.9. The van der Waals surface area contributed by atoms with Crippen molar-refractivity contribution in [2.24, 2.45) is 11.8 Å². The first-order chi connectivity index (χ1) is 8.15. The van der Waals surface area contributed by atoms with E-state index in [1.807, 2.05) is 0 Å². The van der Waals surface area contributed by atoms with E-state index in [1.54, 1.807) is 0 Å². The average molecular weight is 233 g/mol. The Morgan fingerprint density at radius 1 is 1.00 bits per heavy atom. The van der Waals surface area contributed by atoms with Crippen molar-refractivity contribution >= 4 is 0 Å². The summed E-state index contributed by atoms with van der Waals surface area (Å²) in [6.45, 7) is 6.96. The third-order valence-electron chi connectivity index (χ3n) is 3.48. The molecule has 0 saturated heterocycles. The fourth-order valence-electron chi connectivity index (χ4n) is 2.45. The minimum Gasteiger partial charge on any atom is -0.313 e. The molecule has 0 aliphatic carbocycles. The summed E-state index contributed by atoms with van der Waals surface area (Å²) in [7, 11) is 2.07. The third kappa shape index (κ3) is 4.91. The monoisotopic (exact) mass is 233 g/mol. The van der Waals surface area contributed by atoms with Gasteiger partial charge < -0.3 is 5.32 Å². The second kappa shape index (κ2) is 7.50. The summed E-state index contributed by atoms with van der Waals surface area (Å²) in [6, 6.07) is 11.3. The van der Waals surface area contributed by atoms with Crippen LogP contribution in [0.5, 0.6) is 0 Å². The van der Waals surface area contributed by atoms with E-state index in [0.29, 0.717) is 12.0 Å². The highest BCUT2D eigenvalue weighted by Gasteiger charge is 2.16. The Morgan fingerprint density at radius 2 is 1.65 bits per heavy atom. The molecule has 1 rings (SSSR count). The van der Waals surface area contributed by atoms with E-state index in [4.69, 9.17) is 0 Å². The topological polar surface area (TPSA) is 12.0 Å². The molecule has 0 radical (unpaired) electrons. The number of hydrogen-bond acceptors (Lipinski definition) is 1. The quantitative estimate of drug-likeness (QED) is 0.735. The van der Waals surface area contributed by atoms with Gasteiger partial charge in [0, 0.05) is 6.04 Å². The first-order valence-electron chi connectivity index (χ1n) is 6.87. The van der Waals surface area contributed by atoms with Gasteiger partial charge in [-0.25, -0.2) is 0 Å². The number of benzene rings is 1. The molecule has 0 saturated carbocycles. The van der Waals surface area contributed by atoms with Crippen LogP contribution in [0.4, 0.5) is 0 Å². The Balaban J connectivity index is 2.50. The lowest BCUT2D eigenvalue weighted by molar-refractivity contribution is 0.363. The highest BCUT2D eigenvalue weighted by molar-refractivity contribution is 5.19. The van der Waals surface area contributed by atoms with Crippen LogP contribution in [0, 0.1) is 11.8 Å². The molecule has 1 aromatic rings. The summed E-state index contributed by atoms with van der Waals surface area (Å²) in [5, 5.41) is 3.46. The average Bonchev–Trinajstić information content (AvgIpc) is 2.31. The molecule has 1 N–H and O–H groups in total. The molecule has 2 unspecified atom stereocenters. The van der Waals surface area contributed by atoms with Gasteiger partial charge in [0.25, 0.3) is 0 Å². The van der Waals surface area contributed by atoms with Gasteiger partial charge in [0.15, 0.2) is 0 Å². The van der Waals surface area contributed by atoms with Gasteiger partial charge in [-0.3, -0.25) is 0 Å². The number of hydrogen-bond donors (Lipinski definition) is 1. The van der Waals surface area contributed by atoms with Crippen LogP contribution in [0.25, 0.3) is 0 Å². The van der Waals surface area contributed by atoms with Gasteiger partial charge in [-0.2, -0.15) is 0 Å². The minimum atomic E-state index is 0.489. The van der Waals surface area contributed by atoms with E-state index < -0.39 is 0 Å². The Labute approximate surface area is 107 Å². The van der Waals surface area contributed by atoms with E-state index in [-0.39, 0.29) is 0 Å². The van der Waals surface area contributed by atoms with E-state index in [0.717, 1.165) is 5.92 Å². The van der Waals surface area contributed by atoms with Crippen LogP contribution in [0.15, 0.2) is 30.3 Å². The fourth-order valence-corrected chi connectivity index (χ4v) is 2.45. The molecular formula is C16H27N. The predicted octanol–water partition coefficient (Wildman–Crippen LogP) is 4.41. The van der Waals surface area contributed by atoms with Crippen molar-refractivity contribution in [3.8, 4) is 0 Å².